The van der Waals surface area contributed by atoms with Gasteiger partial charge in [0.1, 0.15) is 5.75 Å². The molecule has 114 valence electrons. The van der Waals surface area contributed by atoms with Crippen molar-refractivity contribution in [3.8, 4) is 5.75 Å². The normalized spacial score (nSPS) is 32.4. The Morgan fingerprint density at radius 1 is 1.33 bits per heavy atom. The average Bonchev–Trinajstić information content (AvgIpc) is 2.46. The van der Waals surface area contributed by atoms with E-state index in [0.29, 0.717) is 18.5 Å². The number of fused-ring (bicyclic) bond motifs is 1. The van der Waals surface area contributed by atoms with E-state index in [2.05, 4.69) is 5.32 Å². The third-order valence-corrected chi connectivity index (χ3v) is 4.95. The number of aliphatic hydroxyl groups is 1. The molecule has 1 aromatic rings. The molecule has 1 saturated heterocycles. The topological polar surface area (TPSA) is 95.6 Å². The third-order valence-electron chi connectivity index (χ3n) is 4.95. The number of piperidine rings is 1. The maximum Gasteiger partial charge on any atom is 0.270 e. The molecule has 0 aromatic heterocycles. The van der Waals surface area contributed by atoms with Crippen LogP contribution in [0.15, 0.2) is 18.2 Å². The van der Waals surface area contributed by atoms with E-state index in [1.807, 2.05) is 0 Å². The Bertz CT molecular complexity index is 559. The van der Waals surface area contributed by atoms with Crippen LogP contribution in [0.25, 0.3) is 0 Å². The second-order valence-electron chi connectivity index (χ2n) is 6.14. The predicted molar refractivity (Wildman–Crippen MR) is 77.0 cm³/mol. The Kier molecular flexibility index (Phi) is 3.59. The fourth-order valence-electron chi connectivity index (χ4n) is 3.85. The van der Waals surface area contributed by atoms with Gasteiger partial charge in [-0.3, -0.25) is 10.1 Å². The fourth-order valence-corrected chi connectivity index (χ4v) is 3.85. The van der Waals surface area contributed by atoms with Crippen molar-refractivity contribution in [3.05, 3.63) is 33.9 Å². The Morgan fingerprint density at radius 3 is 2.90 bits per heavy atom. The third kappa shape index (κ3) is 2.49. The number of rotatable bonds is 2. The highest BCUT2D eigenvalue weighted by Gasteiger charge is 2.46. The van der Waals surface area contributed by atoms with Gasteiger partial charge in [-0.1, -0.05) is 12.8 Å². The summed E-state index contributed by atoms with van der Waals surface area (Å²) in [5.41, 5.74) is -0.227. The monoisotopic (exact) mass is 292 g/mol. The number of phenolic OH excluding ortho intramolecular Hbond substituents is 1. The Balaban J connectivity index is 1.98. The zero-order valence-corrected chi connectivity index (χ0v) is 11.8. The molecule has 1 saturated carbocycles. The summed E-state index contributed by atoms with van der Waals surface area (Å²) >= 11 is 0. The molecule has 2 fully saturated rings. The Morgan fingerprint density at radius 2 is 2.14 bits per heavy atom. The standard InChI is InChI=1S/C15H20N2O4/c18-13-5-4-10(17(20)21)9-11(13)14-12-3-1-2-6-15(12,19)7-8-16-14/h4-5,9,12,14,16,18-19H,1-3,6-8H2. The zero-order valence-electron chi connectivity index (χ0n) is 11.8. The van der Waals surface area contributed by atoms with Crippen LogP contribution in [0.4, 0.5) is 5.69 Å². The van der Waals surface area contributed by atoms with Gasteiger partial charge in [-0.2, -0.15) is 0 Å². The first-order valence-electron chi connectivity index (χ1n) is 7.44. The largest absolute Gasteiger partial charge is 0.508 e. The molecule has 3 rings (SSSR count). The van der Waals surface area contributed by atoms with Crippen molar-refractivity contribution in [2.24, 2.45) is 5.92 Å². The molecule has 0 amide bonds. The summed E-state index contributed by atoms with van der Waals surface area (Å²) in [4.78, 5) is 10.5. The summed E-state index contributed by atoms with van der Waals surface area (Å²) in [6, 6.07) is 3.86. The lowest BCUT2D eigenvalue weighted by atomic mass is 9.66. The first-order chi connectivity index (χ1) is 10.0. The number of nitrogens with one attached hydrogen (secondary N) is 1. The minimum Gasteiger partial charge on any atom is -0.508 e. The molecular weight excluding hydrogens is 272 g/mol. The lowest BCUT2D eigenvalue weighted by Crippen LogP contribution is -2.53. The molecule has 1 aliphatic carbocycles. The maximum absolute atomic E-state index is 10.9. The smallest absolute Gasteiger partial charge is 0.270 e. The molecule has 1 aliphatic heterocycles. The van der Waals surface area contributed by atoms with Crippen LogP contribution in [0.5, 0.6) is 5.75 Å². The van der Waals surface area contributed by atoms with Gasteiger partial charge in [-0.15, -0.1) is 0 Å². The number of nitro benzene ring substituents is 1. The van der Waals surface area contributed by atoms with E-state index < -0.39 is 10.5 Å². The fraction of sp³-hybridized carbons (Fsp3) is 0.600. The minimum atomic E-state index is -0.717. The van der Waals surface area contributed by atoms with Gasteiger partial charge in [-0.05, 0) is 31.9 Å². The highest BCUT2D eigenvalue weighted by molar-refractivity contribution is 5.45. The highest BCUT2D eigenvalue weighted by atomic mass is 16.6. The number of benzene rings is 1. The average molecular weight is 292 g/mol. The van der Waals surface area contributed by atoms with Crippen LogP contribution in [-0.2, 0) is 0 Å². The van der Waals surface area contributed by atoms with Gasteiger partial charge in [0.2, 0.25) is 0 Å². The summed E-state index contributed by atoms with van der Waals surface area (Å²) in [6.07, 6.45) is 4.40. The van der Waals surface area contributed by atoms with E-state index in [9.17, 15) is 20.3 Å². The lowest BCUT2D eigenvalue weighted by molar-refractivity contribution is -0.385. The number of aromatic hydroxyl groups is 1. The molecule has 1 heterocycles. The van der Waals surface area contributed by atoms with E-state index in [-0.39, 0.29) is 23.4 Å². The van der Waals surface area contributed by atoms with Crippen molar-refractivity contribution >= 4 is 5.69 Å². The van der Waals surface area contributed by atoms with Gasteiger partial charge in [0.15, 0.2) is 0 Å². The second kappa shape index (κ2) is 5.27. The number of hydrogen-bond donors (Lipinski definition) is 3. The first-order valence-corrected chi connectivity index (χ1v) is 7.44. The van der Waals surface area contributed by atoms with E-state index in [1.54, 1.807) is 0 Å². The van der Waals surface area contributed by atoms with Gasteiger partial charge < -0.3 is 15.5 Å². The molecular formula is C15H20N2O4. The zero-order chi connectivity index (χ0) is 15.0. The van der Waals surface area contributed by atoms with Crippen LogP contribution in [0.1, 0.15) is 43.7 Å². The van der Waals surface area contributed by atoms with Crippen molar-refractivity contribution < 1.29 is 15.1 Å². The number of non-ortho nitro benzene ring substituents is 1. The maximum atomic E-state index is 10.9. The molecule has 0 bridgehead atoms. The van der Waals surface area contributed by atoms with Crippen LogP contribution in [0.2, 0.25) is 0 Å². The highest BCUT2D eigenvalue weighted by Crippen LogP contribution is 2.47. The number of phenols is 1. The van der Waals surface area contributed by atoms with Crippen molar-refractivity contribution in [1.29, 1.82) is 0 Å². The molecule has 6 nitrogen and oxygen atoms in total. The van der Waals surface area contributed by atoms with E-state index in [4.69, 9.17) is 0 Å². The molecule has 21 heavy (non-hydrogen) atoms. The summed E-state index contributed by atoms with van der Waals surface area (Å²) < 4.78 is 0. The van der Waals surface area contributed by atoms with Gasteiger partial charge >= 0.3 is 0 Å². The van der Waals surface area contributed by atoms with Gasteiger partial charge in [0.25, 0.3) is 5.69 Å². The molecule has 0 spiro atoms. The van der Waals surface area contributed by atoms with Gasteiger partial charge in [-0.25, -0.2) is 0 Å². The molecule has 2 aliphatic rings. The van der Waals surface area contributed by atoms with Crippen LogP contribution < -0.4 is 5.32 Å². The van der Waals surface area contributed by atoms with Crippen LogP contribution in [0.3, 0.4) is 0 Å². The SMILES string of the molecule is O=[N+]([O-])c1ccc(O)c(C2NCCC3(O)CCCCC23)c1. The van der Waals surface area contributed by atoms with E-state index in [0.717, 1.165) is 25.7 Å². The molecule has 6 heteroatoms. The summed E-state index contributed by atoms with van der Waals surface area (Å²) in [6.45, 7) is 0.653. The summed E-state index contributed by atoms with van der Waals surface area (Å²) in [5.74, 6) is 0.0424. The molecule has 3 unspecified atom stereocenters. The molecule has 3 atom stereocenters. The Labute approximate surface area is 122 Å². The molecule has 1 aromatic carbocycles. The summed E-state index contributed by atoms with van der Waals surface area (Å²) in [5, 5.41) is 35.2. The van der Waals surface area contributed by atoms with Crippen molar-refractivity contribution in [1.82, 2.24) is 5.32 Å². The van der Waals surface area contributed by atoms with Gasteiger partial charge in [0.05, 0.1) is 10.5 Å². The van der Waals surface area contributed by atoms with Crippen LogP contribution in [-0.4, -0.2) is 27.3 Å². The lowest BCUT2D eigenvalue weighted by Gasteiger charge is -2.48. The van der Waals surface area contributed by atoms with Crippen molar-refractivity contribution in [3.63, 3.8) is 0 Å². The first kappa shape index (κ1) is 14.3. The quantitative estimate of drug-likeness (QED) is 0.574. The molecule has 3 N–H and O–H groups in total. The van der Waals surface area contributed by atoms with Gasteiger partial charge in [0, 0.05) is 29.7 Å². The van der Waals surface area contributed by atoms with Crippen LogP contribution in [0, 0.1) is 16.0 Å². The van der Waals surface area contributed by atoms with Crippen molar-refractivity contribution in [2.45, 2.75) is 43.7 Å². The van der Waals surface area contributed by atoms with E-state index in [1.165, 1.54) is 18.2 Å². The second-order valence-corrected chi connectivity index (χ2v) is 6.14. The predicted octanol–water partition coefficient (Wildman–Crippen LogP) is 2.26. The Hall–Kier alpha value is -1.66. The summed E-state index contributed by atoms with van der Waals surface area (Å²) in [7, 11) is 0. The van der Waals surface area contributed by atoms with Crippen LogP contribution >= 0.6 is 0 Å². The number of hydrogen-bond acceptors (Lipinski definition) is 5. The molecule has 0 radical (unpaired) electrons. The number of nitrogens with zero attached hydrogens (tertiary/aromatic N) is 1. The number of nitro groups is 1. The van der Waals surface area contributed by atoms with Crippen molar-refractivity contribution in [2.75, 3.05) is 6.54 Å². The van der Waals surface area contributed by atoms with E-state index >= 15 is 0 Å². The minimum absolute atomic E-state index is 0.00657.